The second-order valence-corrected chi connectivity index (χ2v) is 16.1. The summed E-state index contributed by atoms with van der Waals surface area (Å²) in [6.45, 7) is 0. The van der Waals surface area contributed by atoms with Crippen LogP contribution < -0.4 is 0 Å². The molecule has 1 saturated carbocycles. The number of hydrogen-bond donors (Lipinski definition) is 0. The molecule has 3 heteroatoms. The third-order valence-corrected chi connectivity index (χ3v) is 12.1. The van der Waals surface area contributed by atoms with E-state index >= 15 is 0 Å². The molecule has 0 N–H and O–H groups in total. The lowest BCUT2D eigenvalue weighted by Gasteiger charge is -2.19. The lowest BCUT2D eigenvalue weighted by atomic mass is 9.89. The van der Waals surface area contributed by atoms with E-state index in [1.165, 1.54) is 0 Å². The first-order chi connectivity index (χ1) is 30.1. The normalized spacial score (nSPS) is 16.2. The fourth-order valence-electron chi connectivity index (χ4n) is 8.78. The monoisotopic (exact) mass is 779 g/mol. The van der Waals surface area contributed by atoms with Crippen molar-refractivity contribution in [1.29, 1.82) is 0 Å². The molecule has 2 aliphatic rings. The van der Waals surface area contributed by atoms with Crippen LogP contribution in [0.25, 0.3) is 89.7 Å². The zero-order chi connectivity index (χ0) is 40.6. The standard InChI is InChI=1S/C58H41N3/c1-6-18-40(19-7-1)52-33-48(34-53(59-52)41-20-8-2-9-21-41)45-30-46(49-35-54(42-22-10-3-11-23-42)60-55(36-49)43-24-12-4-13-25-43)32-47(31-45)50-37-56(44-26-14-5-15-27-44)61-57(38-50)58-29-17-16-28-51(58)39-58/h1-38,51H,39H2/t51?,58-/m0/s1. The minimum Gasteiger partial charge on any atom is -0.252 e. The van der Waals surface area contributed by atoms with Crippen molar-refractivity contribution in [2.24, 2.45) is 5.92 Å². The quantitative estimate of drug-likeness (QED) is 0.146. The van der Waals surface area contributed by atoms with Gasteiger partial charge in [0.05, 0.1) is 34.2 Å². The molecule has 1 fully saturated rings. The summed E-state index contributed by atoms with van der Waals surface area (Å²) in [4.78, 5) is 15.9. The number of aromatic nitrogens is 3. The predicted molar refractivity (Wildman–Crippen MR) is 251 cm³/mol. The molecule has 6 aromatic carbocycles. The maximum absolute atomic E-state index is 5.41. The number of benzene rings is 6. The minimum absolute atomic E-state index is 0.0880. The Labute approximate surface area is 357 Å². The molecule has 1 unspecified atom stereocenters. The highest BCUT2D eigenvalue weighted by molar-refractivity contribution is 5.87. The highest BCUT2D eigenvalue weighted by Crippen LogP contribution is 2.58. The molecule has 0 spiro atoms. The van der Waals surface area contributed by atoms with Crippen molar-refractivity contribution < 1.29 is 0 Å². The number of fused-ring (bicyclic) bond motifs is 1. The lowest BCUT2D eigenvalue weighted by molar-refractivity contribution is 0.781. The molecule has 3 heterocycles. The third kappa shape index (κ3) is 7.21. The van der Waals surface area contributed by atoms with Crippen LogP contribution >= 0.6 is 0 Å². The molecule has 0 aliphatic heterocycles. The fraction of sp³-hybridized carbons (Fsp3) is 0.0517. The van der Waals surface area contributed by atoms with E-state index in [-0.39, 0.29) is 5.41 Å². The molecule has 2 aliphatic carbocycles. The van der Waals surface area contributed by atoms with E-state index < -0.39 is 0 Å². The van der Waals surface area contributed by atoms with Gasteiger partial charge in [-0.1, -0.05) is 176 Å². The number of hydrogen-bond acceptors (Lipinski definition) is 3. The van der Waals surface area contributed by atoms with Gasteiger partial charge in [-0.2, -0.15) is 0 Å². The topological polar surface area (TPSA) is 38.7 Å². The average molecular weight is 780 g/mol. The smallest absolute Gasteiger partial charge is 0.0715 e. The van der Waals surface area contributed by atoms with Gasteiger partial charge in [0.15, 0.2) is 0 Å². The van der Waals surface area contributed by atoms with Crippen LogP contribution in [0, 0.1) is 5.92 Å². The largest absolute Gasteiger partial charge is 0.252 e. The first kappa shape index (κ1) is 36.3. The predicted octanol–water partition coefficient (Wildman–Crippen LogP) is 14.6. The molecule has 0 radical (unpaired) electrons. The van der Waals surface area contributed by atoms with Gasteiger partial charge >= 0.3 is 0 Å². The highest BCUT2D eigenvalue weighted by atomic mass is 14.8. The summed E-state index contributed by atoms with van der Waals surface area (Å²) in [5.41, 5.74) is 17.8. The maximum atomic E-state index is 5.41. The molecule has 9 aromatic rings. The van der Waals surface area contributed by atoms with Gasteiger partial charge in [-0.15, -0.1) is 0 Å². The second-order valence-electron chi connectivity index (χ2n) is 16.1. The molecular formula is C58H41N3. The van der Waals surface area contributed by atoms with Gasteiger partial charge in [-0.25, -0.2) is 9.97 Å². The molecule has 2 atom stereocenters. The van der Waals surface area contributed by atoms with Gasteiger partial charge < -0.3 is 0 Å². The van der Waals surface area contributed by atoms with Crippen LogP contribution in [0.4, 0.5) is 0 Å². The Bertz CT molecular complexity index is 2820. The van der Waals surface area contributed by atoms with Crippen molar-refractivity contribution in [2.45, 2.75) is 11.8 Å². The minimum atomic E-state index is -0.0880. The SMILES string of the molecule is C1=CC2C[C@@]2(c2cc(-c3cc(-c4cc(-c5ccccc5)nc(-c5ccccc5)c4)cc(-c4cc(-c5ccccc5)nc(-c5ccccc5)c4)c3)cc(-c3ccccc3)n2)C=C1. The first-order valence-electron chi connectivity index (χ1n) is 21.0. The van der Waals surface area contributed by atoms with Crippen molar-refractivity contribution in [3.05, 3.63) is 236 Å². The number of rotatable bonds is 9. The molecule has 0 saturated heterocycles. The van der Waals surface area contributed by atoms with Crippen molar-refractivity contribution in [2.75, 3.05) is 0 Å². The van der Waals surface area contributed by atoms with Gasteiger partial charge in [0.1, 0.15) is 0 Å². The van der Waals surface area contributed by atoms with Crippen molar-refractivity contribution in [3.8, 4) is 89.7 Å². The average Bonchev–Trinajstić information content (AvgIpc) is 4.11. The Morgan fingerprint density at radius 2 is 0.623 bits per heavy atom. The van der Waals surface area contributed by atoms with Gasteiger partial charge in [-0.3, -0.25) is 4.98 Å². The summed E-state index contributed by atoms with van der Waals surface area (Å²) in [6, 6.07) is 73.1. The van der Waals surface area contributed by atoms with E-state index in [2.05, 4.69) is 231 Å². The van der Waals surface area contributed by atoms with E-state index in [4.69, 9.17) is 15.0 Å². The van der Waals surface area contributed by atoms with Crippen LogP contribution in [-0.2, 0) is 5.41 Å². The van der Waals surface area contributed by atoms with Crippen LogP contribution in [0.2, 0.25) is 0 Å². The molecule has 11 rings (SSSR count). The van der Waals surface area contributed by atoms with Crippen LogP contribution in [0.1, 0.15) is 12.1 Å². The van der Waals surface area contributed by atoms with E-state index in [0.29, 0.717) is 5.92 Å². The molecule has 0 bridgehead atoms. The Morgan fingerprint density at radius 1 is 0.311 bits per heavy atom. The van der Waals surface area contributed by atoms with Crippen molar-refractivity contribution >= 4 is 0 Å². The molecule has 0 amide bonds. The van der Waals surface area contributed by atoms with Crippen LogP contribution in [0.3, 0.4) is 0 Å². The van der Waals surface area contributed by atoms with Gasteiger partial charge in [0.25, 0.3) is 0 Å². The van der Waals surface area contributed by atoms with E-state index in [0.717, 1.165) is 102 Å². The van der Waals surface area contributed by atoms with Gasteiger partial charge in [0, 0.05) is 33.2 Å². The highest BCUT2D eigenvalue weighted by Gasteiger charge is 2.54. The summed E-state index contributed by atoms with van der Waals surface area (Å²) in [7, 11) is 0. The van der Waals surface area contributed by atoms with E-state index in [1.54, 1.807) is 0 Å². The Morgan fingerprint density at radius 3 is 0.967 bits per heavy atom. The molecular weight excluding hydrogens is 739 g/mol. The zero-order valence-electron chi connectivity index (χ0n) is 33.6. The van der Waals surface area contributed by atoms with E-state index in [1.807, 2.05) is 0 Å². The summed E-state index contributed by atoms with van der Waals surface area (Å²) < 4.78 is 0. The number of pyridine rings is 3. The second kappa shape index (κ2) is 15.4. The van der Waals surface area contributed by atoms with Crippen LogP contribution in [-0.4, -0.2) is 15.0 Å². The fourth-order valence-corrected chi connectivity index (χ4v) is 8.78. The maximum Gasteiger partial charge on any atom is 0.0715 e. The number of allylic oxidation sites excluding steroid dienone is 4. The molecule has 288 valence electrons. The lowest BCUT2D eigenvalue weighted by Crippen LogP contribution is -2.11. The molecule has 3 aromatic heterocycles. The Hall–Kier alpha value is -7.75. The Kier molecular flexibility index (Phi) is 9.20. The van der Waals surface area contributed by atoms with Gasteiger partial charge in [-0.05, 0) is 100 Å². The summed E-state index contributed by atoms with van der Waals surface area (Å²) in [5.74, 6) is 0.458. The summed E-state index contributed by atoms with van der Waals surface area (Å²) >= 11 is 0. The summed E-state index contributed by atoms with van der Waals surface area (Å²) in [5, 5.41) is 0. The van der Waals surface area contributed by atoms with Crippen molar-refractivity contribution in [3.63, 3.8) is 0 Å². The van der Waals surface area contributed by atoms with Crippen LogP contribution in [0.5, 0.6) is 0 Å². The van der Waals surface area contributed by atoms with Gasteiger partial charge in [0.2, 0.25) is 0 Å². The Balaban J connectivity index is 1.17. The zero-order valence-corrected chi connectivity index (χ0v) is 33.6. The molecule has 61 heavy (non-hydrogen) atoms. The van der Waals surface area contributed by atoms with Crippen LogP contribution in [0.15, 0.2) is 231 Å². The summed E-state index contributed by atoms with van der Waals surface area (Å²) in [6.07, 6.45) is 10.1. The molecule has 3 nitrogen and oxygen atoms in total. The third-order valence-electron chi connectivity index (χ3n) is 12.1. The van der Waals surface area contributed by atoms with Crippen molar-refractivity contribution in [1.82, 2.24) is 15.0 Å². The van der Waals surface area contributed by atoms with E-state index in [9.17, 15) is 0 Å². The first-order valence-corrected chi connectivity index (χ1v) is 21.0. The number of nitrogens with zero attached hydrogens (tertiary/aromatic N) is 3.